The molecule has 1 saturated heterocycles. The molecule has 0 bridgehead atoms. The van der Waals surface area contributed by atoms with Crippen LogP contribution in [0.5, 0.6) is 0 Å². The van der Waals surface area contributed by atoms with Crippen LogP contribution in [0, 0.1) is 0 Å². The predicted molar refractivity (Wildman–Crippen MR) is 76.0 cm³/mol. The number of nitrogens with zero attached hydrogens (tertiary/aromatic N) is 1. The molecule has 0 aromatic carbocycles. The molecule has 0 aliphatic carbocycles. The topological polar surface area (TPSA) is 15.3 Å². The third kappa shape index (κ3) is 3.44. The van der Waals surface area contributed by atoms with Crippen LogP contribution in [-0.4, -0.2) is 30.1 Å². The van der Waals surface area contributed by atoms with E-state index >= 15 is 0 Å². The van der Waals surface area contributed by atoms with Crippen LogP contribution >= 0.6 is 22.9 Å². The number of hydrogen-bond donors (Lipinski definition) is 1. The molecule has 0 amide bonds. The van der Waals surface area contributed by atoms with Crippen molar-refractivity contribution in [3.8, 4) is 0 Å². The Morgan fingerprint density at radius 1 is 1.41 bits per heavy atom. The minimum Gasteiger partial charge on any atom is -0.310 e. The Bertz CT molecular complexity index is 364. The molecule has 1 fully saturated rings. The maximum absolute atomic E-state index is 6.00. The highest BCUT2D eigenvalue weighted by molar-refractivity contribution is 7.16. The van der Waals surface area contributed by atoms with Crippen LogP contribution in [-0.2, 0) is 0 Å². The second-order valence-electron chi connectivity index (χ2n) is 5.12. The molecule has 96 valence electrons. The summed E-state index contributed by atoms with van der Waals surface area (Å²) in [6.45, 7) is 9.03. The maximum Gasteiger partial charge on any atom is 0.0931 e. The van der Waals surface area contributed by atoms with Crippen LogP contribution in [0.15, 0.2) is 12.1 Å². The lowest BCUT2D eigenvalue weighted by Crippen LogP contribution is -2.37. The van der Waals surface area contributed by atoms with E-state index in [1.165, 1.54) is 17.8 Å². The Morgan fingerprint density at radius 3 is 2.76 bits per heavy atom. The van der Waals surface area contributed by atoms with Crippen molar-refractivity contribution in [2.24, 2.45) is 0 Å². The summed E-state index contributed by atoms with van der Waals surface area (Å²) in [6.07, 6.45) is 1.25. The molecule has 0 radical (unpaired) electrons. The fourth-order valence-electron chi connectivity index (χ4n) is 2.48. The summed E-state index contributed by atoms with van der Waals surface area (Å²) in [4.78, 5) is 3.92. The number of hydrogen-bond acceptors (Lipinski definition) is 3. The lowest BCUT2D eigenvalue weighted by molar-refractivity contribution is 0.257. The first-order chi connectivity index (χ1) is 8.06. The predicted octanol–water partition coefficient (Wildman–Crippen LogP) is 3.53. The largest absolute Gasteiger partial charge is 0.310 e. The minimum absolute atomic E-state index is 0.492. The van der Waals surface area contributed by atoms with Crippen LogP contribution in [0.1, 0.15) is 38.1 Å². The Morgan fingerprint density at radius 2 is 2.18 bits per heavy atom. The molecule has 1 N–H and O–H groups in total. The summed E-state index contributed by atoms with van der Waals surface area (Å²) in [5.74, 6) is 0. The fraction of sp³-hybridized carbons (Fsp3) is 0.692. The van der Waals surface area contributed by atoms with Gasteiger partial charge in [-0.05, 0) is 25.5 Å². The molecule has 1 aliphatic heterocycles. The second-order valence-corrected chi connectivity index (χ2v) is 6.87. The van der Waals surface area contributed by atoms with Gasteiger partial charge >= 0.3 is 0 Å². The monoisotopic (exact) mass is 272 g/mol. The molecule has 2 atom stereocenters. The van der Waals surface area contributed by atoms with Crippen molar-refractivity contribution >= 4 is 22.9 Å². The van der Waals surface area contributed by atoms with Crippen molar-refractivity contribution in [3.05, 3.63) is 21.3 Å². The van der Waals surface area contributed by atoms with Gasteiger partial charge in [0.25, 0.3) is 0 Å². The van der Waals surface area contributed by atoms with Gasteiger partial charge in [-0.1, -0.05) is 25.4 Å². The van der Waals surface area contributed by atoms with E-state index in [0.29, 0.717) is 18.1 Å². The van der Waals surface area contributed by atoms with Crippen LogP contribution in [0.3, 0.4) is 0 Å². The average molecular weight is 273 g/mol. The number of likely N-dealkylation sites (tertiary alicyclic amines) is 1. The lowest BCUT2D eigenvalue weighted by Gasteiger charge is -2.24. The van der Waals surface area contributed by atoms with Crippen molar-refractivity contribution in [1.29, 1.82) is 0 Å². The molecule has 1 aliphatic rings. The van der Waals surface area contributed by atoms with Gasteiger partial charge in [0.2, 0.25) is 0 Å². The Labute approximate surface area is 113 Å². The minimum atomic E-state index is 0.492. The first-order valence-electron chi connectivity index (χ1n) is 6.31. The summed E-state index contributed by atoms with van der Waals surface area (Å²) < 4.78 is 0.892. The highest BCUT2D eigenvalue weighted by atomic mass is 35.5. The smallest absolute Gasteiger partial charge is 0.0931 e. The first kappa shape index (κ1) is 13.3. The zero-order valence-electron chi connectivity index (χ0n) is 10.7. The van der Waals surface area contributed by atoms with Crippen molar-refractivity contribution in [2.75, 3.05) is 13.1 Å². The van der Waals surface area contributed by atoms with E-state index in [1.54, 1.807) is 11.3 Å². The normalized spacial score (nSPS) is 23.5. The number of nitrogens with one attached hydrogen (secondary N) is 1. The van der Waals surface area contributed by atoms with E-state index in [1.807, 2.05) is 6.07 Å². The highest BCUT2D eigenvalue weighted by Crippen LogP contribution is 2.32. The summed E-state index contributed by atoms with van der Waals surface area (Å²) >= 11 is 7.70. The molecule has 17 heavy (non-hydrogen) atoms. The fourth-order valence-corrected chi connectivity index (χ4v) is 3.63. The van der Waals surface area contributed by atoms with Gasteiger partial charge < -0.3 is 5.32 Å². The van der Waals surface area contributed by atoms with Crippen molar-refractivity contribution in [2.45, 2.75) is 45.3 Å². The van der Waals surface area contributed by atoms with Gasteiger partial charge in [-0.3, -0.25) is 4.90 Å². The van der Waals surface area contributed by atoms with E-state index in [0.717, 1.165) is 10.9 Å². The Kier molecular flexibility index (Phi) is 4.47. The van der Waals surface area contributed by atoms with Crippen LogP contribution in [0.2, 0.25) is 4.34 Å². The lowest BCUT2D eigenvalue weighted by atomic mass is 10.2. The first-order valence-corrected chi connectivity index (χ1v) is 7.51. The average Bonchev–Trinajstić information content (AvgIpc) is 2.85. The molecule has 2 nitrogen and oxygen atoms in total. The van der Waals surface area contributed by atoms with Crippen molar-refractivity contribution in [3.63, 3.8) is 0 Å². The van der Waals surface area contributed by atoms with Gasteiger partial charge in [0, 0.05) is 36.1 Å². The van der Waals surface area contributed by atoms with E-state index < -0.39 is 0 Å². The second kappa shape index (κ2) is 5.70. The van der Waals surface area contributed by atoms with Crippen molar-refractivity contribution < 1.29 is 0 Å². The highest BCUT2D eigenvalue weighted by Gasteiger charge is 2.27. The third-order valence-corrected chi connectivity index (χ3v) is 4.74. The Balaban J connectivity index is 1.92. The van der Waals surface area contributed by atoms with Crippen LogP contribution in [0.25, 0.3) is 0 Å². The van der Waals surface area contributed by atoms with Gasteiger partial charge in [-0.15, -0.1) is 11.3 Å². The summed E-state index contributed by atoms with van der Waals surface area (Å²) in [5, 5.41) is 3.62. The van der Waals surface area contributed by atoms with Gasteiger partial charge in [0.15, 0.2) is 0 Å². The summed E-state index contributed by atoms with van der Waals surface area (Å²) in [5.41, 5.74) is 0. The van der Waals surface area contributed by atoms with Crippen LogP contribution < -0.4 is 5.32 Å². The van der Waals surface area contributed by atoms with Gasteiger partial charge in [-0.2, -0.15) is 0 Å². The van der Waals surface area contributed by atoms with E-state index in [2.05, 4.69) is 37.1 Å². The SMILES string of the molecule is CC(C)NC1CCN(C(C)c2ccc(Cl)s2)C1. The zero-order valence-corrected chi connectivity index (χ0v) is 12.3. The maximum atomic E-state index is 6.00. The molecule has 0 saturated carbocycles. The number of halogens is 1. The molecule has 4 heteroatoms. The summed E-state index contributed by atoms with van der Waals surface area (Å²) in [7, 11) is 0. The molecule has 1 aromatic heterocycles. The van der Waals surface area contributed by atoms with Crippen molar-refractivity contribution in [1.82, 2.24) is 10.2 Å². The third-order valence-electron chi connectivity index (χ3n) is 3.34. The molecule has 2 unspecified atom stereocenters. The van der Waals surface area contributed by atoms with E-state index in [-0.39, 0.29) is 0 Å². The molecular formula is C13H21ClN2S. The molecule has 1 aromatic rings. The van der Waals surface area contributed by atoms with Gasteiger partial charge in [0.1, 0.15) is 0 Å². The Hall–Kier alpha value is -0.0900. The number of thiophene rings is 1. The molecule has 2 heterocycles. The summed E-state index contributed by atoms with van der Waals surface area (Å²) in [6, 6.07) is 5.87. The zero-order chi connectivity index (χ0) is 12.4. The quantitative estimate of drug-likeness (QED) is 0.902. The standard InChI is InChI=1S/C13H21ClN2S/c1-9(2)15-11-6-7-16(8-11)10(3)12-4-5-13(14)17-12/h4-5,9-11,15H,6-8H2,1-3H3. The van der Waals surface area contributed by atoms with Gasteiger partial charge in [-0.25, -0.2) is 0 Å². The van der Waals surface area contributed by atoms with E-state index in [9.17, 15) is 0 Å². The van der Waals surface area contributed by atoms with E-state index in [4.69, 9.17) is 11.6 Å². The molecule has 0 spiro atoms. The van der Waals surface area contributed by atoms with Crippen LogP contribution in [0.4, 0.5) is 0 Å². The molecule has 2 rings (SSSR count). The van der Waals surface area contributed by atoms with Gasteiger partial charge in [0.05, 0.1) is 4.34 Å². The molecular weight excluding hydrogens is 252 g/mol. The number of rotatable bonds is 4.